The van der Waals surface area contributed by atoms with Crippen LogP contribution < -0.4 is 0 Å². The van der Waals surface area contributed by atoms with Crippen LogP contribution in [-0.4, -0.2) is 57.8 Å². The second-order valence-electron chi connectivity index (χ2n) is 2.75. The third-order valence-corrected chi connectivity index (χ3v) is 1.08. The molecule has 0 N–H and O–H groups in total. The third kappa shape index (κ3) is 4.75. The Labute approximate surface area is 68.5 Å². The quantitative estimate of drug-likeness (QED) is 0.330. The lowest BCUT2D eigenvalue weighted by Crippen LogP contribution is -2.28. The van der Waals surface area contributed by atoms with Gasteiger partial charge >= 0.3 is 0 Å². The first-order valence-corrected chi connectivity index (χ1v) is 3.47. The molecule has 0 aliphatic rings. The molecule has 0 radical (unpaired) electrons. The first-order chi connectivity index (χ1) is 5.07. The van der Waals surface area contributed by atoms with Crippen molar-refractivity contribution in [3.63, 3.8) is 0 Å². The molecular weight excluding hydrogens is 142 g/mol. The molecule has 0 bridgehead atoms. The van der Waals surface area contributed by atoms with Gasteiger partial charge in [-0.15, -0.1) is 0 Å². The lowest BCUT2D eigenvalue weighted by atomic mass is 10.8. The van der Waals surface area contributed by atoms with Gasteiger partial charge < -0.3 is 9.64 Å². The molecule has 0 aromatic heterocycles. The Kier molecular flexibility index (Phi) is 4.81. The Balaban J connectivity index is 3.87. The molecule has 0 saturated heterocycles. The largest absolute Gasteiger partial charge is 0.369 e. The minimum atomic E-state index is -0.183. The van der Waals surface area contributed by atoms with Crippen molar-refractivity contribution >= 4 is 6.34 Å². The standard InChI is InChI=1S/C7H17N3O/c1-9(2)6-8-7(11-5)10(3)4/h6-7H,1-5H3. The van der Waals surface area contributed by atoms with Crippen molar-refractivity contribution in [2.24, 2.45) is 4.99 Å². The highest BCUT2D eigenvalue weighted by molar-refractivity contribution is 5.53. The SMILES string of the molecule is COC(N=CN(C)C)N(C)C. The number of ether oxygens (including phenoxy) is 1. The van der Waals surface area contributed by atoms with E-state index in [0.29, 0.717) is 0 Å². The summed E-state index contributed by atoms with van der Waals surface area (Å²) in [6.45, 7) is 0. The van der Waals surface area contributed by atoms with Gasteiger partial charge in [-0.2, -0.15) is 0 Å². The van der Waals surface area contributed by atoms with E-state index in [1.807, 2.05) is 38.0 Å². The molecule has 0 fully saturated rings. The zero-order chi connectivity index (χ0) is 8.85. The maximum Gasteiger partial charge on any atom is 0.207 e. The molecule has 0 amide bonds. The summed E-state index contributed by atoms with van der Waals surface area (Å²) < 4.78 is 5.06. The summed E-state index contributed by atoms with van der Waals surface area (Å²) in [6, 6.07) is 0. The number of nitrogens with zero attached hydrogens (tertiary/aromatic N) is 3. The molecule has 0 spiro atoms. The van der Waals surface area contributed by atoms with Crippen LogP contribution in [0.4, 0.5) is 0 Å². The predicted molar refractivity (Wildman–Crippen MR) is 46.7 cm³/mol. The van der Waals surface area contributed by atoms with Crippen LogP contribution >= 0.6 is 0 Å². The number of hydrogen-bond acceptors (Lipinski definition) is 3. The summed E-state index contributed by atoms with van der Waals surface area (Å²) in [4.78, 5) is 7.91. The Bertz CT molecular complexity index is 123. The van der Waals surface area contributed by atoms with Gasteiger partial charge in [-0.25, -0.2) is 4.99 Å². The van der Waals surface area contributed by atoms with Gasteiger partial charge in [0.05, 0.1) is 6.34 Å². The lowest BCUT2D eigenvalue weighted by Gasteiger charge is -2.18. The summed E-state index contributed by atoms with van der Waals surface area (Å²) in [5.41, 5.74) is 0. The number of methoxy groups -OCH3 is 1. The number of hydrogen-bond donors (Lipinski definition) is 0. The smallest absolute Gasteiger partial charge is 0.207 e. The number of aliphatic imine (C=N–C) groups is 1. The van der Waals surface area contributed by atoms with Crippen LogP contribution in [0.15, 0.2) is 4.99 Å². The zero-order valence-electron chi connectivity index (χ0n) is 7.90. The molecule has 0 rings (SSSR count). The molecule has 1 unspecified atom stereocenters. The van der Waals surface area contributed by atoms with Crippen molar-refractivity contribution in [3.05, 3.63) is 0 Å². The minimum Gasteiger partial charge on any atom is -0.369 e. The van der Waals surface area contributed by atoms with Crippen LogP contribution in [0.5, 0.6) is 0 Å². The van der Waals surface area contributed by atoms with E-state index in [2.05, 4.69) is 4.99 Å². The topological polar surface area (TPSA) is 28.1 Å². The summed E-state index contributed by atoms with van der Waals surface area (Å²) in [5.74, 6) is 0. The van der Waals surface area contributed by atoms with Crippen LogP contribution in [0.1, 0.15) is 0 Å². The van der Waals surface area contributed by atoms with Gasteiger partial charge in [0.25, 0.3) is 0 Å². The van der Waals surface area contributed by atoms with Crippen molar-refractivity contribution < 1.29 is 4.74 Å². The minimum absolute atomic E-state index is 0.183. The van der Waals surface area contributed by atoms with Crippen LogP contribution in [-0.2, 0) is 4.74 Å². The second kappa shape index (κ2) is 5.09. The van der Waals surface area contributed by atoms with E-state index < -0.39 is 0 Å². The van der Waals surface area contributed by atoms with Crippen molar-refractivity contribution in [1.29, 1.82) is 0 Å². The maximum atomic E-state index is 5.06. The summed E-state index contributed by atoms with van der Waals surface area (Å²) >= 11 is 0. The highest BCUT2D eigenvalue weighted by Gasteiger charge is 2.04. The lowest BCUT2D eigenvalue weighted by molar-refractivity contribution is 0.00386. The number of rotatable bonds is 4. The van der Waals surface area contributed by atoms with Gasteiger partial charge in [0.1, 0.15) is 0 Å². The van der Waals surface area contributed by atoms with E-state index in [4.69, 9.17) is 4.74 Å². The van der Waals surface area contributed by atoms with E-state index in [1.165, 1.54) is 0 Å². The predicted octanol–water partition coefficient (Wildman–Crippen LogP) is 0.0679. The summed E-state index contributed by atoms with van der Waals surface area (Å²) in [6.07, 6.45) is 1.55. The summed E-state index contributed by atoms with van der Waals surface area (Å²) in [7, 11) is 9.32. The van der Waals surface area contributed by atoms with Gasteiger partial charge in [0, 0.05) is 21.2 Å². The van der Waals surface area contributed by atoms with Gasteiger partial charge in [0.2, 0.25) is 6.35 Å². The highest BCUT2D eigenvalue weighted by Crippen LogP contribution is 1.93. The summed E-state index contributed by atoms with van der Waals surface area (Å²) in [5, 5.41) is 0. The van der Waals surface area contributed by atoms with Gasteiger partial charge in [-0.1, -0.05) is 0 Å². The Morgan fingerprint density at radius 1 is 1.27 bits per heavy atom. The maximum absolute atomic E-state index is 5.06. The molecule has 1 atom stereocenters. The Morgan fingerprint density at radius 3 is 2.09 bits per heavy atom. The van der Waals surface area contributed by atoms with Crippen molar-refractivity contribution in [3.8, 4) is 0 Å². The first kappa shape index (κ1) is 10.4. The normalized spacial score (nSPS) is 14.4. The van der Waals surface area contributed by atoms with Crippen LogP contribution in [0.25, 0.3) is 0 Å². The van der Waals surface area contributed by atoms with Crippen LogP contribution in [0.2, 0.25) is 0 Å². The molecule has 0 heterocycles. The fraction of sp³-hybridized carbons (Fsp3) is 0.857. The van der Waals surface area contributed by atoms with Crippen molar-refractivity contribution in [2.45, 2.75) is 6.35 Å². The average molecular weight is 159 g/mol. The molecule has 0 aromatic carbocycles. The molecule has 0 aromatic rings. The first-order valence-electron chi connectivity index (χ1n) is 3.47. The average Bonchev–Trinajstić information content (AvgIpc) is 1.87. The highest BCUT2D eigenvalue weighted by atomic mass is 16.5. The molecule has 11 heavy (non-hydrogen) atoms. The van der Waals surface area contributed by atoms with Crippen molar-refractivity contribution in [2.75, 3.05) is 35.3 Å². The molecule has 0 aliphatic heterocycles. The molecule has 0 saturated carbocycles. The molecule has 0 aliphatic carbocycles. The van der Waals surface area contributed by atoms with Gasteiger partial charge in [-0.3, -0.25) is 4.90 Å². The van der Waals surface area contributed by atoms with Crippen LogP contribution in [0, 0.1) is 0 Å². The molecular formula is C7H17N3O. The Hall–Kier alpha value is -0.610. The fourth-order valence-corrected chi connectivity index (χ4v) is 0.595. The van der Waals surface area contributed by atoms with Crippen molar-refractivity contribution in [1.82, 2.24) is 9.80 Å². The molecule has 4 heteroatoms. The molecule has 66 valence electrons. The van der Waals surface area contributed by atoms with Gasteiger partial charge in [-0.05, 0) is 14.1 Å². The second-order valence-corrected chi connectivity index (χ2v) is 2.75. The molecule has 4 nitrogen and oxygen atoms in total. The fourth-order valence-electron chi connectivity index (χ4n) is 0.595. The Morgan fingerprint density at radius 2 is 1.82 bits per heavy atom. The van der Waals surface area contributed by atoms with E-state index in [9.17, 15) is 0 Å². The van der Waals surface area contributed by atoms with E-state index in [0.717, 1.165) is 0 Å². The third-order valence-electron chi connectivity index (χ3n) is 1.08. The van der Waals surface area contributed by atoms with E-state index in [-0.39, 0.29) is 6.35 Å². The van der Waals surface area contributed by atoms with E-state index in [1.54, 1.807) is 13.4 Å². The van der Waals surface area contributed by atoms with Gasteiger partial charge in [0.15, 0.2) is 0 Å². The zero-order valence-corrected chi connectivity index (χ0v) is 7.90. The van der Waals surface area contributed by atoms with Crippen LogP contribution in [0.3, 0.4) is 0 Å². The monoisotopic (exact) mass is 159 g/mol. The van der Waals surface area contributed by atoms with E-state index >= 15 is 0 Å².